The predicted molar refractivity (Wildman–Crippen MR) is 89.3 cm³/mol. The molecule has 1 aliphatic rings. The highest BCUT2D eigenvalue weighted by Gasteiger charge is 2.25. The molecule has 0 saturated heterocycles. The van der Waals surface area contributed by atoms with Gasteiger partial charge in [0.25, 0.3) is 5.91 Å². The number of amides is 1. The van der Waals surface area contributed by atoms with Gasteiger partial charge >= 0.3 is 0 Å². The van der Waals surface area contributed by atoms with Crippen LogP contribution in [-0.4, -0.2) is 28.5 Å². The number of hydrogen-bond acceptors (Lipinski definition) is 1. The van der Waals surface area contributed by atoms with Gasteiger partial charge in [-0.3, -0.25) is 4.79 Å². The zero-order chi connectivity index (χ0) is 15.5. The quantitative estimate of drug-likeness (QED) is 0.836. The Hall–Kier alpha value is -2.03. The largest absolute Gasteiger partial charge is 0.339 e. The SMILES string of the molecule is CC1CCC(N(C)C(=O)c2ccc(-n3cccc3)cc2)CC1. The molecule has 2 aromatic rings. The molecule has 0 radical (unpaired) electrons. The molecule has 3 heteroatoms. The minimum Gasteiger partial charge on any atom is -0.339 e. The molecule has 0 atom stereocenters. The Morgan fingerprint density at radius 1 is 1.05 bits per heavy atom. The van der Waals surface area contributed by atoms with Crippen molar-refractivity contribution in [3.8, 4) is 5.69 Å². The predicted octanol–water partition coefficient (Wildman–Crippen LogP) is 4.13. The van der Waals surface area contributed by atoms with Crippen LogP contribution in [0.4, 0.5) is 0 Å². The van der Waals surface area contributed by atoms with E-state index in [0.717, 1.165) is 30.0 Å². The van der Waals surface area contributed by atoms with Gasteiger partial charge in [-0.15, -0.1) is 0 Å². The lowest BCUT2D eigenvalue weighted by molar-refractivity contribution is 0.0679. The van der Waals surface area contributed by atoms with E-state index in [1.54, 1.807) is 0 Å². The van der Waals surface area contributed by atoms with E-state index in [1.807, 2.05) is 65.3 Å². The van der Waals surface area contributed by atoms with E-state index < -0.39 is 0 Å². The Balaban J connectivity index is 1.69. The average Bonchev–Trinajstić information content (AvgIpc) is 3.09. The van der Waals surface area contributed by atoms with E-state index in [9.17, 15) is 4.79 Å². The lowest BCUT2D eigenvalue weighted by Crippen LogP contribution is -2.39. The minimum absolute atomic E-state index is 0.138. The maximum Gasteiger partial charge on any atom is 0.253 e. The summed E-state index contributed by atoms with van der Waals surface area (Å²) >= 11 is 0. The third-order valence-corrected chi connectivity index (χ3v) is 4.87. The molecular formula is C19H24N2O. The molecule has 1 aliphatic carbocycles. The highest BCUT2D eigenvalue weighted by Crippen LogP contribution is 2.27. The summed E-state index contributed by atoms with van der Waals surface area (Å²) in [6, 6.07) is 12.3. The Bertz CT molecular complexity index is 607. The fraction of sp³-hybridized carbons (Fsp3) is 0.421. The Kier molecular flexibility index (Phi) is 4.32. The summed E-state index contributed by atoms with van der Waals surface area (Å²) in [5.41, 5.74) is 1.85. The molecule has 0 N–H and O–H groups in total. The van der Waals surface area contributed by atoms with Gasteiger partial charge in [-0.05, 0) is 68.0 Å². The normalized spacial score (nSPS) is 21.5. The Morgan fingerprint density at radius 3 is 2.23 bits per heavy atom. The van der Waals surface area contributed by atoms with Crippen molar-refractivity contribution in [1.29, 1.82) is 0 Å². The molecule has 1 saturated carbocycles. The van der Waals surface area contributed by atoms with Crippen molar-refractivity contribution in [3.05, 3.63) is 54.4 Å². The zero-order valence-corrected chi connectivity index (χ0v) is 13.4. The fourth-order valence-electron chi connectivity index (χ4n) is 3.28. The van der Waals surface area contributed by atoms with Crippen molar-refractivity contribution in [2.24, 2.45) is 5.92 Å². The molecule has 3 nitrogen and oxygen atoms in total. The summed E-state index contributed by atoms with van der Waals surface area (Å²) in [5, 5.41) is 0. The van der Waals surface area contributed by atoms with E-state index in [1.165, 1.54) is 12.8 Å². The first kappa shape index (κ1) is 14.9. The number of carbonyl (C=O) groups excluding carboxylic acids is 1. The van der Waals surface area contributed by atoms with E-state index in [-0.39, 0.29) is 5.91 Å². The highest BCUT2D eigenvalue weighted by atomic mass is 16.2. The van der Waals surface area contributed by atoms with Crippen LogP contribution >= 0.6 is 0 Å². The first-order valence-electron chi connectivity index (χ1n) is 8.15. The van der Waals surface area contributed by atoms with Crippen LogP contribution in [0.2, 0.25) is 0 Å². The summed E-state index contributed by atoms with van der Waals surface area (Å²) < 4.78 is 2.04. The van der Waals surface area contributed by atoms with Gasteiger partial charge in [-0.1, -0.05) is 6.92 Å². The van der Waals surface area contributed by atoms with Crippen LogP contribution in [0, 0.1) is 5.92 Å². The zero-order valence-electron chi connectivity index (χ0n) is 13.4. The van der Waals surface area contributed by atoms with Gasteiger partial charge in [0.2, 0.25) is 0 Å². The van der Waals surface area contributed by atoms with E-state index in [2.05, 4.69) is 6.92 Å². The van der Waals surface area contributed by atoms with Crippen LogP contribution in [0.15, 0.2) is 48.8 Å². The smallest absolute Gasteiger partial charge is 0.253 e. The van der Waals surface area contributed by atoms with Crippen molar-refractivity contribution in [3.63, 3.8) is 0 Å². The van der Waals surface area contributed by atoms with E-state index in [0.29, 0.717) is 6.04 Å². The van der Waals surface area contributed by atoms with Crippen LogP contribution in [0.25, 0.3) is 5.69 Å². The first-order valence-corrected chi connectivity index (χ1v) is 8.15. The number of nitrogens with zero attached hydrogens (tertiary/aromatic N) is 2. The van der Waals surface area contributed by atoms with Crippen molar-refractivity contribution in [2.75, 3.05) is 7.05 Å². The second kappa shape index (κ2) is 6.39. The van der Waals surface area contributed by atoms with Gasteiger partial charge in [0, 0.05) is 36.7 Å². The molecule has 1 amide bonds. The van der Waals surface area contributed by atoms with Gasteiger partial charge < -0.3 is 9.47 Å². The number of hydrogen-bond donors (Lipinski definition) is 0. The number of aromatic nitrogens is 1. The third kappa shape index (κ3) is 3.08. The summed E-state index contributed by atoms with van der Waals surface area (Å²) in [6.07, 6.45) is 8.73. The lowest BCUT2D eigenvalue weighted by atomic mass is 9.86. The standard InChI is InChI=1S/C19H24N2O/c1-15-5-9-17(10-6-15)20(2)19(22)16-7-11-18(12-8-16)21-13-3-4-14-21/h3-4,7-8,11-15,17H,5-6,9-10H2,1-2H3. The van der Waals surface area contributed by atoms with Crippen LogP contribution in [-0.2, 0) is 0 Å². The van der Waals surface area contributed by atoms with Gasteiger partial charge in [0.15, 0.2) is 0 Å². The molecule has 0 spiro atoms. The van der Waals surface area contributed by atoms with E-state index >= 15 is 0 Å². The molecule has 0 unspecified atom stereocenters. The molecule has 3 rings (SSSR count). The highest BCUT2D eigenvalue weighted by molar-refractivity contribution is 5.94. The molecule has 0 aliphatic heterocycles. The van der Waals surface area contributed by atoms with Gasteiger partial charge in [-0.2, -0.15) is 0 Å². The summed E-state index contributed by atoms with van der Waals surface area (Å²) in [7, 11) is 1.95. The molecule has 1 fully saturated rings. The monoisotopic (exact) mass is 296 g/mol. The summed E-state index contributed by atoms with van der Waals surface area (Å²) in [4.78, 5) is 14.6. The fourth-order valence-corrected chi connectivity index (χ4v) is 3.28. The second-order valence-electron chi connectivity index (χ2n) is 6.47. The number of rotatable bonds is 3. The van der Waals surface area contributed by atoms with Gasteiger partial charge in [-0.25, -0.2) is 0 Å². The maximum absolute atomic E-state index is 12.6. The van der Waals surface area contributed by atoms with Crippen LogP contribution in [0.1, 0.15) is 43.0 Å². The van der Waals surface area contributed by atoms with Crippen molar-refractivity contribution in [1.82, 2.24) is 9.47 Å². The molecular weight excluding hydrogens is 272 g/mol. The Labute approximate surface area is 132 Å². The summed E-state index contributed by atoms with van der Waals surface area (Å²) in [5.74, 6) is 0.944. The summed E-state index contributed by atoms with van der Waals surface area (Å²) in [6.45, 7) is 2.30. The molecule has 1 aromatic heterocycles. The van der Waals surface area contributed by atoms with Crippen LogP contribution in [0.5, 0.6) is 0 Å². The lowest BCUT2D eigenvalue weighted by Gasteiger charge is -2.33. The molecule has 0 bridgehead atoms. The topological polar surface area (TPSA) is 25.2 Å². The van der Waals surface area contributed by atoms with Crippen molar-refractivity contribution in [2.45, 2.75) is 38.6 Å². The van der Waals surface area contributed by atoms with Gasteiger partial charge in [0.1, 0.15) is 0 Å². The minimum atomic E-state index is 0.138. The molecule has 116 valence electrons. The van der Waals surface area contributed by atoms with Crippen molar-refractivity contribution < 1.29 is 4.79 Å². The number of benzene rings is 1. The van der Waals surface area contributed by atoms with Gasteiger partial charge in [0.05, 0.1) is 0 Å². The second-order valence-corrected chi connectivity index (χ2v) is 6.47. The molecule has 1 aromatic carbocycles. The molecule has 1 heterocycles. The average molecular weight is 296 g/mol. The molecule has 22 heavy (non-hydrogen) atoms. The van der Waals surface area contributed by atoms with Crippen molar-refractivity contribution >= 4 is 5.91 Å². The Morgan fingerprint density at radius 2 is 1.64 bits per heavy atom. The first-order chi connectivity index (χ1) is 10.6. The maximum atomic E-state index is 12.6. The van der Waals surface area contributed by atoms with E-state index in [4.69, 9.17) is 0 Å². The van der Waals surface area contributed by atoms with Crippen LogP contribution in [0.3, 0.4) is 0 Å². The number of carbonyl (C=O) groups is 1. The third-order valence-electron chi connectivity index (χ3n) is 4.87. The van der Waals surface area contributed by atoms with Crippen LogP contribution < -0.4 is 0 Å².